The first kappa shape index (κ1) is 13.4. The highest BCUT2D eigenvalue weighted by Gasteiger charge is 2.53. The number of nitrogen functional groups attached to an aromatic ring is 1. The quantitative estimate of drug-likeness (QED) is 0.878. The lowest BCUT2D eigenvalue weighted by Gasteiger charge is -2.56. The summed E-state index contributed by atoms with van der Waals surface area (Å²) in [5.41, 5.74) is 6.84. The van der Waals surface area contributed by atoms with Gasteiger partial charge in [-0.1, -0.05) is 13.8 Å². The summed E-state index contributed by atoms with van der Waals surface area (Å²) in [4.78, 5) is 20.2. The van der Waals surface area contributed by atoms with E-state index in [4.69, 9.17) is 5.73 Å². The molecule has 114 valence electrons. The third kappa shape index (κ3) is 1.95. The van der Waals surface area contributed by atoms with Gasteiger partial charge in [0.25, 0.3) is 5.56 Å². The summed E-state index contributed by atoms with van der Waals surface area (Å²) < 4.78 is 0. The van der Waals surface area contributed by atoms with Crippen LogP contribution in [0.2, 0.25) is 0 Å². The highest BCUT2D eigenvalue weighted by molar-refractivity contribution is 5.41. The van der Waals surface area contributed by atoms with Crippen LogP contribution >= 0.6 is 0 Å². The molecule has 1 aromatic rings. The molecule has 0 aliphatic heterocycles. The topological polar surface area (TPSA) is 71.8 Å². The zero-order valence-electron chi connectivity index (χ0n) is 13.0. The fraction of sp³-hybridized carbons (Fsp3) is 0.765. The molecule has 4 saturated carbocycles. The van der Waals surface area contributed by atoms with Gasteiger partial charge >= 0.3 is 0 Å². The van der Waals surface area contributed by atoms with Crippen molar-refractivity contribution in [2.24, 2.45) is 17.8 Å². The lowest BCUT2D eigenvalue weighted by Crippen LogP contribution is -2.50. The Bertz CT molecular complexity index is 596. The van der Waals surface area contributed by atoms with Crippen molar-refractivity contribution in [2.45, 2.75) is 63.7 Å². The van der Waals surface area contributed by atoms with Crippen molar-refractivity contribution in [2.75, 3.05) is 5.73 Å². The molecule has 4 fully saturated rings. The van der Waals surface area contributed by atoms with Crippen LogP contribution in [0.3, 0.4) is 0 Å². The molecule has 21 heavy (non-hydrogen) atoms. The second kappa shape index (κ2) is 4.34. The molecular weight excluding hydrogens is 262 g/mol. The standard InChI is InChI=1S/C17H25N3O/c1-9(2)13-14(18)19-16(20-15(13)21)17-6-10-3-11(7-17)5-12(4-10)8-17/h9-12H,3-8H2,1-2H3,(H3,18,19,20,21). The number of hydrogen-bond donors (Lipinski definition) is 2. The fourth-order valence-electron chi connectivity index (χ4n) is 5.71. The first-order valence-electron chi connectivity index (χ1n) is 8.37. The number of aromatic nitrogens is 2. The van der Waals surface area contributed by atoms with E-state index in [1.54, 1.807) is 0 Å². The van der Waals surface area contributed by atoms with E-state index in [0.29, 0.717) is 11.4 Å². The maximum absolute atomic E-state index is 12.4. The first-order chi connectivity index (χ1) is 9.97. The predicted octanol–water partition coefficient (Wildman–Crippen LogP) is 2.94. The van der Waals surface area contributed by atoms with Crippen molar-refractivity contribution < 1.29 is 0 Å². The number of nitrogens with two attached hydrogens (primary N) is 1. The molecule has 4 heteroatoms. The maximum atomic E-state index is 12.4. The van der Waals surface area contributed by atoms with Gasteiger partial charge in [-0.25, -0.2) is 4.98 Å². The van der Waals surface area contributed by atoms with Gasteiger partial charge in [0.15, 0.2) is 0 Å². The molecule has 4 bridgehead atoms. The minimum atomic E-state index is -0.0248. The van der Waals surface area contributed by atoms with Gasteiger partial charge in [0.05, 0.1) is 5.56 Å². The second-order valence-electron chi connectivity index (χ2n) is 8.07. The smallest absolute Gasteiger partial charge is 0.256 e. The summed E-state index contributed by atoms with van der Waals surface area (Å²) in [5.74, 6) is 3.97. The number of aromatic amines is 1. The van der Waals surface area contributed by atoms with E-state index in [9.17, 15) is 4.79 Å². The molecule has 0 spiro atoms. The van der Waals surface area contributed by atoms with Gasteiger partial charge in [-0.15, -0.1) is 0 Å². The average molecular weight is 287 g/mol. The molecule has 0 unspecified atom stereocenters. The number of rotatable bonds is 2. The average Bonchev–Trinajstić information content (AvgIpc) is 2.35. The Kier molecular flexibility index (Phi) is 2.76. The normalized spacial score (nSPS) is 37.4. The van der Waals surface area contributed by atoms with Crippen molar-refractivity contribution in [3.63, 3.8) is 0 Å². The van der Waals surface area contributed by atoms with E-state index in [2.05, 4.69) is 9.97 Å². The largest absolute Gasteiger partial charge is 0.383 e. The van der Waals surface area contributed by atoms with E-state index in [1.165, 1.54) is 38.5 Å². The molecule has 1 heterocycles. The SMILES string of the molecule is CC(C)c1c(N)nc(C23CC4CC(CC(C4)C2)C3)[nH]c1=O. The van der Waals surface area contributed by atoms with E-state index >= 15 is 0 Å². The van der Waals surface area contributed by atoms with Crippen molar-refractivity contribution in [3.8, 4) is 0 Å². The summed E-state index contributed by atoms with van der Waals surface area (Å²) in [6, 6.07) is 0. The van der Waals surface area contributed by atoms with Crippen molar-refractivity contribution in [1.82, 2.24) is 9.97 Å². The molecule has 0 saturated heterocycles. The van der Waals surface area contributed by atoms with Gasteiger partial charge in [-0.05, 0) is 62.2 Å². The monoisotopic (exact) mass is 287 g/mol. The molecule has 3 N–H and O–H groups in total. The molecule has 1 aromatic heterocycles. The van der Waals surface area contributed by atoms with Gasteiger partial charge in [0.1, 0.15) is 11.6 Å². The first-order valence-corrected chi connectivity index (χ1v) is 8.37. The van der Waals surface area contributed by atoms with Gasteiger partial charge < -0.3 is 10.7 Å². The zero-order chi connectivity index (χ0) is 14.8. The minimum Gasteiger partial charge on any atom is -0.383 e. The van der Waals surface area contributed by atoms with E-state index < -0.39 is 0 Å². The van der Waals surface area contributed by atoms with E-state index in [-0.39, 0.29) is 16.9 Å². The van der Waals surface area contributed by atoms with Crippen LogP contribution in [0.15, 0.2) is 4.79 Å². The van der Waals surface area contributed by atoms with Crippen LogP contribution in [0.5, 0.6) is 0 Å². The van der Waals surface area contributed by atoms with Crippen LogP contribution in [-0.2, 0) is 5.41 Å². The summed E-state index contributed by atoms with van der Waals surface area (Å²) in [6.07, 6.45) is 7.77. The third-order valence-corrected chi connectivity index (χ3v) is 6.10. The van der Waals surface area contributed by atoms with Crippen molar-refractivity contribution in [3.05, 3.63) is 21.7 Å². The van der Waals surface area contributed by atoms with Crippen LogP contribution in [0.1, 0.15) is 69.7 Å². The molecule has 0 aromatic carbocycles. The highest BCUT2D eigenvalue weighted by atomic mass is 16.1. The number of nitrogens with zero attached hydrogens (tertiary/aromatic N) is 1. The molecule has 5 rings (SSSR count). The lowest BCUT2D eigenvalue weighted by molar-refractivity contribution is -0.00946. The number of nitrogens with one attached hydrogen (secondary N) is 1. The summed E-state index contributed by atoms with van der Waals surface area (Å²) in [5, 5.41) is 0. The van der Waals surface area contributed by atoms with Crippen LogP contribution in [0.4, 0.5) is 5.82 Å². The highest BCUT2D eigenvalue weighted by Crippen LogP contribution is 2.60. The van der Waals surface area contributed by atoms with E-state index in [1.807, 2.05) is 13.8 Å². The molecule has 0 atom stereocenters. The Morgan fingerprint density at radius 2 is 1.67 bits per heavy atom. The van der Waals surface area contributed by atoms with Gasteiger partial charge in [-0.3, -0.25) is 4.79 Å². The van der Waals surface area contributed by atoms with Gasteiger partial charge in [-0.2, -0.15) is 0 Å². The molecule has 4 aliphatic rings. The van der Waals surface area contributed by atoms with Crippen LogP contribution < -0.4 is 11.3 Å². The predicted molar refractivity (Wildman–Crippen MR) is 83.2 cm³/mol. The minimum absolute atomic E-state index is 0.0248. The Labute approximate surface area is 125 Å². The van der Waals surface area contributed by atoms with Crippen LogP contribution in [-0.4, -0.2) is 9.97 Å². The third-order valence-electron chi connectivity index (χ3n) is 6.10. The lowest BCUT2D eigenvalue weighted by atomic mass is 9.49. The molecule has 0 radical (unpaired) electrons. The molecular formula is C17H25N3O. The van der Waals surface area contributed by atoms with E-state index in [0.717, 1.165) is 23.6 Å². The summed E-state index contributed by atoms with van der Waals surface area (Å²) in [6.45, 7) is 3.99. The van der Waals surface area contributed by atoms with Gasteiger partial charge in [0.2, 0.25) is 0 Å². The van der Waals surface area contributed by atoms with Crippen LogP contribution in [0, 0.1) is 17.8 Å². The Morgan fingerprint density at radius 1 is 1.14 bits per heavy atom. The Morgan fingerprint density at radius 3 is 2.10 bits per heavy atom. The summed E-state index contributed by atoms with van der Waals surface area (Å²) in [7, 11) is 0. The molecule has 0 amide bonds. The zero-order valence-corrected chi connectivity index (χ0v) is 13.0. The van der Waals surface area contributed by atoms with Crippen LogP contribution in [0.25, 0.3) is 0 Å². The molecule has 4 nitrogen and oxygen atoms in total. The van der Waals surface area contributed by atoms with Crippen molar-refractivity contribution in [1.29, 1.82) is 0 Å². The van der Waals surface area contributed by atoms with Gasteiger partial charge in [0, 0.05) is 5.41 Å². The fourth-order valence-corrected chi connectivity index (χ4v) is 5.71. The van der Waals surface area contributed by atoms with Crippen molar-refractivity contribution >= 4 is 5.82 Å². The Hall–Kier alpha value is -1.32. The molecule has 4 aliphatic carbocycles. The second-order valence-corrected chi connectivity index (χ2v) is 8.07. The Balaban J connectivity index is 1.79. The maximum Gasteiger partial charge on any atom is 0.256 e. The number of hydrogen-bond acceptors (Lipinski definition) is 3. The summed E-state index contributed by atoms with van der Waals surface area (Å²) >= 11 is 0. The number of anilines is 1. The number of H-pyrrole nitrogens is 1.